The molecule has 18 heavy (non-hydrogen) atoms. The minimum absolute atomic E-state index is 0.0349. The molecule has 1 aliphatic rings. The summed E-state index contributed by atoms with van der Waals surface area (Å²) in [6.07, 6.45) is 1.99. The van der Waals surface area contributed by atoms with E-state index in [1.54, 1.807) is 0 Å². The van der Waals surface area contributed by atoms with Gasteiger partial charge in [-0.1, -0.05) is 12.1 Å². The molecule has 1 amide bonds. The SMILES string of the molecule is CN(C)c1ccc(CNC2CCCNC2=O)cc1. The van der Waals surface area contributed by atoms with Crippen LogP contribution in [0.4, 0.5) is 5.69 Å². The molecule has 0 spiro atoms. The highest BCUT2D eigenvalue weighted by molar-refractivity contribution is 5.82. The monoisotopic (exact) mass is 247 g/mol. The van der Waals surface area contributed by atoms with E-state index in [9.17, 15) is 4.79 Å². The molecule has 0 aromatic heterocycles. The molecule has 0 bridgehead atoms. The number of nitrogens with one attached hydrogen (secondary N) is 2. The van der Waals surface area contributed by atoms with Crippen LogP contribution >= 0.6 is 0 Å². The number of nitrogens with zero attached hydrogens (tertiary/aromatic N) is 1. The summed E-state index contributed by atoms with van der Waals surface area (Å²) in [4.78, 5) is 13.7. The minimum Gasteiger partial charge on any atom is -0.378 e. The number of carbonyl (C=O) groups is 1. The van der Waals surface area contributed by atoms with Gasteiger partial charge in [-0.2, -0.15) is 0 Å². The van der Waals surface area contributed by atoms with Gasteiger partial charge in [0, 0.05) is 32.9 Å². The Morgan fingerprint density at radius 3 is 2.67 bits per heavy atom. The molecule has 2 rings (SSSR count). The van der Waals surface area contributed by atoms with E-state index >= 15 is 0 Å². The summed E-state index contributed by atoms with van der Waals surface area (Å²) >= 11 is 0. The van der Waals surface area contributed by atoms with Crippen LogP contribution in [0.15, 0.2) is 24.3 Å². The van der Waals surface area contributed by atoms with E-state index in [-0.39, 0.29) is 11.9 Å². The average Bonchev–Trinajstić information content (AvgIpc) is 2.38. The lowest BCUT2D eigenvalue weighted by atomic mass is 10.1. The molecule has 1 aliphatic heterocycles. The van der Waals surface area contributed by atoms with Crippen molar-refractivity contribution in [1.82, 2.24) is 10.6 Å². The zero-order valence-corrected chi connectivity index (χ0v) is 11.1. The van der Waals surface area contributed by atoms with Gasteiger partial charge >= 0.3 is 0 Å². The van der Waals surface area contributed by atoms with Crippen molar-refractivity contribution in [2.45, 2.75) is 25.4 Å². The second-order valence-corrected chi connectivity index (χ2v) is 4.93. The third-order valence-corrected chi connectivity index (χ3v) is 3.29. The first-order chi connectivity index (χ1) is 8.66. The predicted molar refractivity (Wildman–Crippen MR) is 73.6 cm³/mol. The van der Waals surface area contributed by atoms with E-state index < -0.39 is 0 Å². The van der Waals surface area contributed by atoms with Gasteiger partial charge in [0.05, 0.1) is 6.04 Å². The van der Waals surface area contributed by atoms with E-state index in [4.69, 9.17) is 0 Å². The first-order valence-corrected chi connectivity index (χ1v) is 6.44. The lowest BCUT2D eigenvalue weighted by molar-refractivity contribution is -0.124. The highest BCUT2D eigenvalue weighted by Crippen LogP contribution is 2.12. The summed E-state index contributed by atoms with van der Waals surface area (Å²) in [5.41, 5.74) is 2.40. The molecule has 0 radical (unpaired) electrons. The van der Waals surface area contributed by atoms with E-state index in [1.165, 1.54) is 11.3 Å². The molecule has 1 atom stereocenters. The maximum atomic E-state index is 11.6. The van der Waals surface area contributed by atoms with Gasteiger partial charge < -0.3 is 15.5 Å². The second-order valence-electron chi connectivity index (χ2n) is 4.93. The third-order valence-electron chi connectivity index (χ3n) is 3.29. The van der Waals surface area contributed by atoms with Crippen LogP contribution in [-0.4, -0.2) is 32.6 Å². The molecule has 0 saturated carbocycles. The standard InChI is InChI=1S/C14H21N3O/c1-17(2)12-7-5-11(6-8-12)10-16-13-4-3-9-15-14(13)18/h5-8,13,16H,3-4,9-10H2,1-2H3,(H,15,18). The highest BCUT2D eigenvalue weighted by Gasteiger charge is 2.20. The van der Waals surface area contributed by atoms with Crippen LogP contribution in [-0.2, 0) is 11.3 Å². The van der Waals surface area contributed by atoms with Gasteiger partial charge in [0.1, 0.15) is 0 Å². The summed E-state index contributed by atoms with van der Waals surface area (Å²) in [6, 6.07) is 8.36. The Labute approximate surface area is 108 Å². The van der Waals surface area contributed by atoms with Gasteiger partial charge in [0.15, 0.2) is 0 Å². The number of hydrogen-bond acceptors (Lipinski definition) is 3. The molecule has 4 nitrogen and oxygen atoms in total. The van der Waals surface area contributed by atoms with Crippen LogP contribution in [0.2, 0.25) is 0 Å². The number of carbonyl (C=O) groups excluding carboxylic acids is 1. The molecule has 1 aromatic rings. The summed E-state index contributed by atoms with van der Waals surface area (Å²) in [7, 11) is 4.05. The highest BCUT2D eigenvalue weighted by atomic mass is 16.2. The van der Waals surface area contributed by atoms with Gasteiger partial charge in [0.2, 0.25) is 5.91 Å². The van der Waals surface area contributed by atoms with Crippen LogP contribution in [0.1, 0.15) is 18.4 Å². The van der Waals surface area contributed by atoms with Crippen LogP contribution in [0.3, 0.4) is 0 Å². The number of anilines is 1. The zero-order valence-electron chi connectivity index (χ0n) is 11.1. The van der Waals surface area contributed by atoms with Crippen molar-refractivity contribution in [1.29, 1.82) is 0 Å². The van der Waals surface area contributed by atoms with E-state index in [0.29, 0.717) is 0 Å². The Hall–Kier alpha value is -1.55. The summed E-state index contributed by atoms with van der Waals surface area (Å²) in [5, 5.41) is 6.19. The second kappa shape index (κ2) is 5.87. The first-order valence-electron chi connectivity index (χ1n) is 6.44. The predicted octanol–water partition coefficient (Wildman–Crippen LogP) is 1.12. The van der Waals surface area contributed by atoms with E-state index in [1.807, 2.05) is 14.1 Å². The van der Waals surface area contributed by atoms with Gasteiger partial charge in [-0.05, 0) is 30.5 Å². The van der Waals surface area contributed by atoms with Crippen LogP contribution in [0, 0.1) is 0 Å². The van der Waals surface area contributed by atoms with Gasteiger partial charge in [-0.3, -0.25) is 4.79 Å². The van der Waals surface area contributed by atoms with Gasteiger partial charge in [0.25, 0.3) is 0 Å². The first kappa shape index (κ1) is 12.9. The quantitative estimate of drug-likeness (QED) is 0.838. The number of rotatable bonds is 4. The van der Waals surface area contributed by atoms with Crippen molar-refractivity contribution in [2.75, 3.05) is 25.5 Å². The number of amides is 1. The summed E-state index contributed by atoms with van der Waals surface area (Å²) < 4.78 is 0. The van der Waals surface area contributed by atoms with E-state index in [0.717, 1.165) is 25.9 Å². The third kappa shape index (κ3) is 3.23. The molecule has 4 heteroatoms. The normalized spacial score (nSPS) is 19.4. The average molecular weight is 247 g/mol. The van der Waals surface area contributed by atoms with Crippen LogP contribution in [0.5, 0.6) is 0 Å². The molecular formula is C14H21N3O. The molecule has 2 N–H and O–H groups in total. The van der Waals surface area contributed by atoms with Crippen LogP contribution in [0.25, 0.3) is 0 Å². The molecule has 98 valence electrons. The topological polar surface area (TPSA) is 44.4 Å². The number of hydrogen-bond donors (Lipinski definition) is 2. The Bertz CT molecular complexity index is 400. The fraction of sp³-hybridized carbons (Fsp3) is 0.500. The molecule has 1 unspecified atom stereocenters. The maximum absolute atomic E-state index is 11.6. The number of piperidine rings is 1. The van der Waals surface area contributed by atoms with Crippen molar-refractivity contribution in [2.24, 2.45) is 0 Å². The number of benzene rings is 1. The van der Waals surface area contributed by atoms with Crippen molar-refractivity contribution in [3.63, 3.8) is 0 Å². The lowest BCUT2D eigenvalue weighted by Crippen LogP contribution is -2.47. The Balaban J connectivity index is 1.87. The fourth-order valence-electron chi connectivity index (χ4n) is 2.12. The smallest absolute Gasteiger partial charge is 0.237 e. The maximum Gasteiger partial charge on any atom is 0.237 e. The van der Waals surface area contributed by atoms with Crippen molar-refractivity contribution >= 4 is 11.6 Å². The molecule has 0 aliphatic carbocycles. The van der Waals surface area contributed by atoms with Crippen molar-refractivity contribution < 1.29 is 4.79 Å². The molecule has 1 aromatic carbocycles. The van der Waals surface area contributed by atoms with Crippen LogP contribution < -0.4 is 15.5 Å². The fourth-order valence-corrected chi connectivity index (χ4v) is 2.12. The molecule has 1 fully saturated rings. The lowest BCUT2D eigenvalue weighted by Gasteiger charge is -2.23. The van der Waals surface area contributed by atoms with Gasteiger partial charge in [-0.25, -0.2) is 0 Å². The summed E-state index contributed by atoms with van der Waals surface area (Å²) in [6.45, 7) is 1.56. The van der Waals surface area contributed by atoms with E-state index in [2.05, 4.69) is 39.8 Å². The van der Waals surface area contributed by atoms with Crippen molar-refractivity contribution in [3.05, 3.63) is 29.8 Å². The summed E-state index contributed by atoms with van der Waals surface area (Å²) in [5.74, 6) is 0.131. The largest absolute Gasteiger partial charge is 0.378 e. The molecule has 1 saturated heterocycles. The van der Waals surface area contributed by atoms with Gasteiger partial charge in [-0.15, -0.1) is 0 Å². The Kier molecular flexibility index (Phi) is 4.20. The minimum atomic E-state index is -0.0349. The Morgan fingerprint density at radius 1 is 1.33 bits per heavy atom. The zero-order chi connectivity index (χ0) is 13.0. The molecule has 1 heterocycles. The molecular weight excluding hydrogens is 226 g/mol. The van der Waals surface area contributed by atoms with Crippen molar-refractivity contribution in [3.8, 4) is 0 Å². The Morgan fingerprint density at radius 2 is 2.06 bits per heavy atom.